The monoisotopic (exact) mass is 335 g/mol. The van der Waals surface area contributed by atoms with Crippen LogP contribution >= 0.6 is 0 Å². The fraction of sp³-hybridized carbons (Fsp3) is 0.143. The van der Waals surface area contributed by atoms with Crippen LogP contribution in [0.15, 0.2) is 41.3 Å². The van der Waals surface area contributed by atoms with Gasteiger partial charge in [0.15, 0.2) is 0 Å². The summed E-state index contributed by atoms with van der Waals surface area (Å²) in [6.07, 6.45) is 0. The predicted molar refractivity (Wildman–Crippen MR) is 83.7 cm³/mol. The summed E-state index contributed by atoms with van der Waals surface area (Å²) in [7, 11) is -4.96. The summed E-state index contributed by atoms with van der Waals surface area (Å²) in [6.45, 7) is -0.196. The van der Waals surface area contributed by atoms with Crippen molar-refractivity contribution in [2.45, 2.75) is 18.1 Å². The van der Waals surface area contributed by atoms with Crippen molar-refractivity contribution in [2.24, 2.45) is 0 Å². The van der Waals surface area contributed by atoms with E-state index in [1.807, 2.05) is 0 Å². The van der Waals surface area contributed by atoms with Gasteiger partial charge in [0, 0.05) is 11.3 Å². The maximum absolute atomic E-state index is 12.4. The van der Waals surface area contributed by atoms with Crippen LogP contribution in [0.4, 0.5) is 5.69 Å². The lowest BCUT2D eigenvalue weighted by Gasteiger charge is -2.11. The first-order valence-electron chi connectivity index (χ1n) is 6.79. The summed E-state index contributed by atoms with van der Waals surface area (Å²) in [4.78, 5) is -0.0864. The molecule has 0 spiro atoms. The van der Waals surface area contributed by atoms with Gasteiger partial charge in [-0.2, -0.15) is 0 Å². The smallest absolute Gasteiger partial charge is 0.491 e. The number of fused-ring (bicyclic) bond motifs is 1. The molecule has 0 saturated heterocycles. The molecule has 2 aromatic rings. The standard InChI is InChI=1S/C14H14BNO6S/c17-7-10-5-12(3-4-14(10)18)23(20,21)16-11-2-1-9-8-22-15(19)13(9)6-11/h1-6,16-19H,7-8H2. The first-order valence-corrected chi connectivity index (χ1v) is 8.27. The third kappa shape index (κ3) is 3.04. The van der Waals surface area contributed by atoms with E-state index in [1.165, 1.54) is 24.3 Å². The number of phenols is 1. The molecule has 2 aromatic carbocycles. The number of benzene rings is 2. The molecular weight excluding hydrogens is 321 g/mol. The van der Waals surface area contributed by atoms with E-state index in [4.69, 9.17) is 9.76 Å². The van der Waals surface area contributed by atoms with Gasteiger partial charge < -0.3 is 19.9 Å². The van der Waals surface area contributed by atoms with Crippen LogP contribution in [-0.2, 0) is 27.9 Å². The maximum Gasteiger partial charge on any atom is 0.491 e. The van der Waals surface area contributed by atoms with Gasteiger partial charge in [-0.25, -0.2) is 8.42 Å². The highest BCUT2D eigenvalue weighted by atomic mass is 32.2. The molecule has 0 aliphatic carbocycles. The summed E-state index contributed by atoms with van der Waals surface area (Å²) in [5.74, 6) is -0.177. The minimum Gasteiger partial charge on any atom is -0.508 e. The largest absolute Gasteiger partial charge is 0.508 e. The second-order valence-corrected chi connectivity index (χ2v) is 6.81. The maximum atomic E-state index is 12.4. The molecule has 0 fully saturated rings. The Morgan fingerprint density at radius 1 is 1.22 bits per heavy atom. The zero-order chi connectivity index (χ0) is 16.6. The Morgan fingerprint density at radius 3 is 2.74 bits per heavy atom. The molecule has 0 aromatic heterocycles. The highest BCUT2D eigenvalue weighted by Gasteiger charge is 2.28. The molecule has 3 rings (SSSR count). The molecule has 0 radical (unpaired) electrons. The fourth-order valence-corrected chi connectivity index (χ4v) is 3.45. The van der Waals surface area contributed by atoms with Crippen LogP contribution < -0.4 is 10.2 Å². The van der Waals surface area contributed by atoms with E-state index < -0.39 is 23.7 Å². The number of aliphatic hydroxyl groups is 1. The van der Waals surface area contributed by atoms with Crippen LogP contribution in [0.25, 0.3) is 0 Å². The van der Waals surface area contributed by atoms with E-state index in [9.17, 15) is 18.5 Å². The number of sulfonamides is 1. The molecule has 0 amide bonds. The van der Waals surface area contributed by atoms with Gasteiger partial charge in [0.2, 0.25) is 0 Å². The molecule has 0 bridgehead atoms. The third-order valence-electron chi connectivity index (χ3n) is 3.59. The molecule has 1 heterocycles. The predicted octanol–water partition coefficient (Wildman–Crippen LogP) is -0.0970. The van der Waals surface area contributed by atoms with Crippen LogP contribution in [-0.4, -0.2) is 30.8 Å². The average molecular weight is 335 g/mol. The molecular formula is C14H14BNO6S. The lowest BCUT2D eigenvalue weighted by atomic mass is 9.79. The summed E-state index contributed by atoms with van der Waals surface area (Å²) >= 11 is 0. The summed E-state index contributed by atoms with van der Waals surface area (Å²) in [5, 5.41) is 28.3. The SMILES string of the molecule is O=S(=O)(Nc1ccc2c(c1)B(O)OC2)c1ccc(O)c(CO)c1. The van der Waals surface area contributed by atoms with E-state index in [1.54, 1.807) is 12.1 Å². The molecule has 0 unspecified atom stereocenters. The van der Waals surface area contributed by atoms with Crippen LogP contribution in [0.1, 0.15) is 11.1 Å². The Kier molecular flexibility index (Phi) is 4.03. The minimum atomic E-state index is -3.89. The van der Waals surface area contributed by atoms with Gasteiger partial charge in [0.25, 0.3) is 10.0 Å². The fourth-order valence-electron chi connectivity index (χ4n) is 2.35. The molecule has 4 N–H and O–H groups in total. The zero-order valence-electron chi connectivity index (χ0n) is 11.9. The second-order valence-electron chi connectivity index (χ2n) is 5.13. The van der Waals surface area contributed by atoms with Gasteiger partial charge in [-0.15, -0.1) is 0 Å². The third-order valence-corrected chi connectivity index (χ3v) is 4.97. The molecule has 9 heteroatoms. The second kappa shape index (κ2) is 5.86. The summed E-state index contributed by atoms with van der Waals surface area (Å²) < 4.78 is 32.2. The number of aromatic hydroxyl groups is 1. The van der Waals surface area contributed by atoms with Crippen molar-refractivity contribution in [1.82, 2.24) is 0 Å². The zero-order valence-corrected chi connectivity index (χ0v) is 12.7. The topological polar surface area (TPSA) is 116 Å². The quantitative estimate of drug-likeness (QED) is 0.580. The lowest BCUT2D eigenvalue weighted by Crippen LogP contribution is -2.28. The van der Waals surface area contributed by atoms with Crippen molar-refractivity contribution >= 4 is 28.3 Å². The molecule has 7 nitrogen and oxygen atoms in total. The first-order chi connectivity index (χ1) is 10.9. The Balaban J connectivity index is 1.91. The Hall–Kier alpha value is -2.07. The van der Waals surface area contributed by atoms with E-state index in [2.05, 4.69) is 4.72 Å². The van der Waals surface area contributed by atoms with Crippen molar-refractivity contribution in [3.63, 3.8) is 0 Å². The number of hydrogen-bond donors (Lipinski definition) is 4. The number of nitrogens with one attached hydrogen (secondary N) is 1. The molecule has 0 atom stereocenters. The van der Waals surface area contributed by atoms with Crippen LogP contribution in [0.2, 0.25) is 0 Å². The van der Waals surface area contributed by atoms with E-state index >= 15 is 0 Å². The van der Waals surface area contributed by atoms with Crippen molar-refractivity contribution in [1.29, 1.82) is 0 Å². The first kappa shape index (κ1) is 15.8. The van der Waals surface area contributed by atoms with E-state index in [0.717, 1.165) is 5.56 Å². The molecule has 0 saturated carbocycles. The Labute approximate surface area is 133 Å². The van der Waals surface area contributed by atoms with Crippen LogP contribution in [0.5, 0.6) is 5.75 Å². The van der Waals surface area contributed by atoms with Crippen molar-refractivity contribution in [3.05, 3.63) is 47.5 Å². The van der Waals surface area contributed by atoms with Crippen molar-refractivity contribution in [3.8, 4) is 5.75 Å². The Bertz CT molecular complexity index is 854. The van der Waals surface area contributed by atoms with Gasteiger partial charge in [-0.1, -0.05) is 6.07 Å². The number of aliphatic hydroxyl groups excluding tert-OH is 1. The highest BCUT2D eigenvalue weighted by molar-refractivity contribution is 7.92. The summed E-state index contributed by atoms with van der Waals surface area (Å²) in [5.41, 5.74) is 1.72. The summed E-state index contributed by atoms with van der Waals surface area (Å²) in [6, 6.07) is 8.41. The number of hydrogen-bond acceptors (Lipinski definition) is 6. The van der Waals surface area contributed by atoms with E-state index in [0.29, 0.717) is 5.46 Å². The van der Waals surface area contributed by atoms with Gasteiger partial charge in [-0.3, -0.25) is 4.72 Å². The van der Waals surface area contributed by atoms with Gasteiger partial charge >= 0.3 is 7.12 Å². The highest BCUT2D eigenvalue weighted by Crippen LogP contribution is 2.23. The molecule has 120 valence electrons. The number of anilines is 1. The minimum absolute atomic E-state index is 0.0864. The number of rotatable bonds is 4. The van der Waals surface area contributed by atoms with Crippen molar-refractivity contribution < 1.29 is 28.3 Å². The van der Waals surface area contributed by atoms with Gasteiger partial charge in [0.1, 0.15) is 5.75 Å². The van der Waals surface area contributed by atoms with Gasteiger partial charge in [0.05, 0.1) is 18.1 Å². The molecule has 1 aliphatic heterocycles. The van der Waals surface area contributed by atoms with Crippen LogP contribution in [0.3, 0.4) is 0 Å². The lowest BCUT2D eigenvalue weighted by molar-refractivity contribution is 0.275. The average Bonchev–Trinajstić information content (AvgIpc) is 2.88. The van der Waals surface area contributed by atoms with E-state index in [-0.39, 0.29) is 28.5 Å². The van der Waals surface area contributed by atoms with Crippen LogP contribution in [0, 0.1) is 0 Å². The van der Waals surface area contributed by atoms with Crippen molar-refractivity contribution in [2.75, 3.05) is 4.72 Å². The normalized spacial score (nSPS) is 13.9. The molecule has 1 aliphatic rings. The van der Waals surface area contributed by atoms with Gasteiger partial charge in [-0.05, 0) is 41.4 Å². The Morgan fingerprint density at radius 2 is 2.00 bits per heavy atom. The molecule has 23 heavy (non-hydrogen) atoms.